The Hall–Kier alpha value is -3.53. The number of amides is 1. The van der Waals surface area contributed by atoms with Crippen LogP contribution in [0.5, 0.6) is 0 Å². The maximum Gasteiger partial charge on any atom is 0.284 e. The van der Waals surface area contributed by atoms with Crippen molar-refractivity contribution in [1.29, 1.82) is 0 Å². The number of rotatable bonds is 6. The predicted molar refractivity (Wildman–Crippen MR) is 99.8 cm³/mol. The number of pyridine rings is 2. The molecule has 29 heavy (non-hydrogen) atoms. The third kappa shape index (κ3) is 4.49. The molecule has 0 unspecified atom stereocenters. The van der Waals surface area contributed by atoms with Gasteiger partial charge in [-0.2, -0.15) is 9.78 Å². The normalized spacial score (nSPS) is 12.0. The van der Waals surface area contributed by atoms with Crippen molar-refractivity contribution < 1.29 is 18.7 Å². The van der Waals surface area contributed by atoms with Crippen LogP contribution in [0.1, 0.15) is 29.4 Å². The molecule has 0 saturated heterocycles. The first-order chi connectivity index (χ1) is 13.9. The van der Waals surface area contributed by atoms with E-state index in [1.807, 2.05) is 0 Å². The van der Waals surface area contributed by atoms with Crippen LogP contribution >= 0.6 is 0 Å². The summed E-state index contributed by atoms with van der Waals surface area (Å²) in [5.74, 6) is -0.699. The van der Waals surface area contributed by atoms with E-state index in [9.17, 15) is 18.4 Å². The average molecular weight is 401 g/mol. The minimum absolute atomic E-state index is 0.184. The number of carbonyl (C=O) groups excluding carboxylic acids is 1. The first kappa shape index (κ1) is 20.2. The Morgan fingerprint density at radius 3 is 2.66 bits per heavy atom. The first-order valence-corrected chi connectivity index (χ1v) is 8.61. The number of alkyl halides is 2. The van der Waals surface area contributed by atoms with Crippen molar-refractivity contribution >= 4 is 5.91 Å². The highest BCUT2D eigenvalue weighted by Gasteiger charge is 2.19. The number of nitrogens with one attached hydrogen (secondary N) is 1. The van der Waals surface area contributed by atoms with E-state index >= 15 is 0 Å². The van der Waals surface area contributed by atoms with Crippen LogP contribution in [0.3, 0.4) is 0 Å². The lowest BCUT2D eigenvalue weighted by Crippen LogP contribution is -2.39. The summed E-state index contributed by atoms with van der Waals surface area (Å²) in [6.07, 6.45) is 1.39. The molecule has 3 aromatic heterocycles. The number of nitrogens with zero attached hydrogens (tertiary/aromatic N) is 4. The topological polar surface area (TPSA) is 110 Å². The molecule has 10 heteroatoms. The zero-order valence-electron chi connectivity index (χ0n) is 15.3. The van der Waals surface area contributed by atoms with Gasteiger partial charge >= 0.3 is 0 Å². The molecule has 3 heterocycles. The highest BCUT2D eigenvalue weighted by Crippen LogP contribution is 2.21. The Bertz CT molecular complexity index is 1060. The molecule has 0 aliphatic heterocycles. The second-order valence-electron chi connectivity index (χ2n) is 6.20. The van der Waals surface area contributed by atoms with Crippen LogP contribution in [0.4, 0.5) is 8.78 Å². The summed E-state index contributed by atoms with van der Waals surface area (Å²) in [7, 11) is 0. The van der Waals surface area contributed by atoms with Crippen molar-refractivity contribution in [2.45, 2.75) is 19.4 Å². The standard InChI is InChI=1S/C19H17F2N5O3/c1-11(10-27)24-18(28)14-7-16(12-4-5-15(17(20)21)23-8-12)25-26(19(14)29)13-3-2-6-22-9-13/h2-9,11,17,27H,10H2,1H3,(H,24,28)/t11-/m0/s1. The molecule has 8 nitrogen and oxygen atoms in total. The third-order valence-corrected chi connectivity index (χ3v) is 4.00. The van der Waals surface area contributed by atoms with Crippen LogP contribution in [-0.4, -0.2) is 43.4 Å². The fraction of sp³-hybridized carbons (Fsp3) is 0.211. The average Bonchev–Trinajstić information content (AvgIpc) is 2.74. The van der Waals surface area contributed by atoms with Crippen molar-refractivity contribution in [1.82, 2.24) is 25.1 Å². The van der Waals surface area contributed by atoms with Crippen molar-refractivity contribution in [3.63, 3.8) is 0 Å². The summed E-state index contributed by atoms with van der Waals surface area (Å²) in [5, 5.41) is 15.9. The maximum absolute atomic E-state index is 12.8. The Kier molecular flexibility index (Phi) is 6.03. The van der Waals surface area contributed by atoms with Gasteiger partial charge in [-0.1, -0.05) is 0 Å². The monoisotopic (exact) mass is 401 g/mol. The molecule has 0 spiro atoms. The SMILES string of the molecule is C[C@@H](CO)NC(=O)c1cc(-c2ccc(C(F)F)nc2)nn(-c2cccnc2)c1=O. The summed E-state index contributed by atoms with van der Waals surface area (Å²) in [4.78, 5) is 33.0. The van der Waals surface area contributed by atoms with E-state index in [0.717, 1.165) is 10.7 Å². The van der Waals surface area contributed by atoms with E-state index in [0.29, 0.717) is 11.3 Å². The van der Waals surface area contributed by atoms with Crippen molar-refractivity contribution in [2.24, 2.45) is 0 Å². The van der Waals surface area contributed by atoms with E-state index < -0.39 is 29.6 Å². The van der Waals surface area contributed by atoms with Crippen LogP contribution in [0.2, 0.25) is 0 Å². The summed E-state index contributed by atoms with van der Waals surface area (Å²) < 4.78 is 26.5. The first-order valence-electron chi connectivity index (χ1n) is 8.61. The number of aromatic nitrogens is 4. The van der Waals surface area contributed by atoms with Gasteiger partial charge in [-0.15, -0.1) is 0 Å². The molecular formula is C19H17F2N5O3. The number of aliphatic hydroxyl groups is 1. The zero-order valence-corrected chi connectivity index (χ0v) is 15.3. The Morgan fingerprint density at radius 2 is 2.07 bits per heavy atom. The van der Waals surface area contributed by atoms with Crippen molar-refractivity contribution in [2.75, 3.05) is 6.61 Å². The van der Waals surface area contributed by atoms with Gasteiger partial charge in [0, 0.05) is 24.0 Å². The largest absolute Gasteiger partial charge is 0.394 e. The van der Waals surface area contributed by atoms with E-state index in [1.54, 1.807) is 19.1 Å². The predicted octanol–water partition coefficient (Wildman–Crippen LogP) is 1.74. The minimum Gasteiger partial charge on any atom is -0.394 e. The van der Waals surface area contributed by atoms with Crippen LogP contribution in [0.15, 0.2) is 53.7 Å². The number of carbonyl (C=O) groups is 1. The maximum atomic E-state index is 12.8. The van der Waals surface area contributed by atoms with E-state index in [4.69, 9.17) is 5.11 Å². The summed E-state index contributed by atoms with van der Waals surface area (Å²) in [6.45, 7) is 1.27. The van der Waals surface area contributed by atoms with Crippen LogP contribution < -0.4 is 10.9 Å². The van der Waals surface area contributed by atoms with E-state index in [2.05, 4.69) is 20.4 Å². The fourth-order valence-corrected chi connectivity index (χ4v) is 2.49. The van der Waals surface area contributed by atoms with Gasteiger partial charge in [-0.3, -0.25) is 19.6 Å². The van der Waals surface area contributed by atoms with Gasteiger partial charge in [0.25, 0.3) is 17.9 Å². The van der Waals surface area contributed by atoms with E-state index in [1.165, 1.54) is 30.7 Å². The van der Waals surface area contributed by atoms with Gasteiger partial charge in [0.2, 0.25) is 0 Å². The molecule has 0 aliphatic carbocycles. The molecule has 0 aromatic carbocycles. The molecule has 0 aliphatic rings. The second kappa shape index (κ2) is 8.65. The molecule has 150 valence electrons. The Labute approximate surface area is 163 Å². The van der Waals surface area contributed by atoms with Crippen LogP contribution in [-0.2, 0) is 0 Å². The number of hydrogen-bond acceptors (Lipinski definition) is 6. The lowest BCUT2D eigenvalue weighted by Gasteiger charge is -2.13. The lowest BCUT2D eigenvalue weighted by atomic mass is 10.1. The minimum atomic E-state index is -2.72. The summed E-state index contributed by atoms with van der Waals surface area (Å²) in [6, 6.07) is 6.40. The second-order valence-corrected chi connectivity index (χ2v) is 6.20. The van der Waals surface area contributed by atoms with Gasteiger partial charge in [0.1, 0.15) is 11.3 Å². The molecule has 0 radical (unpaired) electrons. The molecule has 2 N–H and O–H groups in total. The number of hydrogen-bond donors (Lipinski definition) is 2. The van der Waals surface area contributed by atoms with Gasteiger partial charge < -0.3 is 10.4 Å². The van der Waals surface area contributed by atoms with E-state index in [-0.39, 0.29) is 17.9 Å². The fourth-order valence-electron chi connectivity index (χ4n) is 2.49. The molecular weight excluding hydrogens is 384 g/mol. The zero-order chi connectivity index (χ0) is 21.0. The molecule has 0 fully saturated rings. The van der Waals surface area contributed by atoms with Gasteiger partial charge in [-0.25, -0.2) is 8.78 Å². The smallest absolute Gasteiger partial charge is 0.284 e. The Morgan fingerprint density at radius 1 is 1.28 bits per heavy atom. The van der Waals surface area contributed by atoms with Gasteiger partial charge in [-0.05, 0) is 37.3 Å². The van der Waals surface area contributed by atoms with Gasteiger partial charge in [0.05, 0.1) is 24.2 Å². The molecule has 0 bridgehead atoms. The summed E-state index contributed by atoms with van der Waals surface area (Å²) in [5.41, 5.74) is -0.469. The van der Waals surface area contributed by atoms with Crippen molar-refractivity contribution in [3.8, 4) is 16.9 Å². The molecule has 3 rings (SSSR count). The Balaban J connectivity index is 2.14. The van der Waals surface area contributed by atoms with Crippen LogP contribution in [0.25, 0.3) is 16.9 Å². The van der Waals surface area contributed by atoms with Gasteiger partial charge in [0.15, 0.2) is 0 Å². The summed E-state index contributed by atoms with van der Waals surface area (Å²) >= 11 is 0. The number of aliphatic hydroxyl groups excluding tert-OH is 1. The van der Waals surface area contributed by atoms with Crippen molar-refractivity contribution in [3.05, 3.63) is 70.5 Å². The molecule has 1 atom stereocenters. The highest BCUT2D eigenvalue weighted by molar-refractivity contribution is 5.95. The molecule has 0 saturated carbocycles. The lowest BCUT2D eigenvalue weighted by molar-refractivity contribution is 0.0920. The quantitative estimate of drug-likeness (QED) is 0.651. The third-order valence-electron chi connectivity index (χ3n) is 4.00. The van der Waals surface area contributed by atoms with Crippen LogP contribution in [0, 0.1) is 0 Å². The molecule has 1 amide bonds. The molecule has 3 aromatic rings. The highest BCUT2D eigenvalue weighted by atomic mass is 19.3. The number of halogens is 2.